The van der Waals surface area contributed by atoms with E-state index in [0.717, 1.165) is 11.3 Å². The lowest BCUT2D eigenvalue weighted by Crippen LogP contribution is -2.23. The third kappa shape index (κ3) is 4.17. The van der Waals surface area contributed by atoms with Crippen molar-refractivity contribution in [1.82, 2.24) is 0 Å². The van der Waals surface area contributed by atoms with Gasteiger partial charge in [-0.3, -0.25) is 0 Å². The monoisotopic (exact) mass is 210 g/mol. The second kappa shape index (κ2) is 6.55. The first kappa shape index (κ1) is 13.1. The largest absolute Gasteiger partial charge is 0.0654 e. The quantitative estimate of drug-likeness (QED) is 0.538. The zero-order valence-corrected chi connectivity index (χ0v) is 11.1. The predicted molar refractivity (Wildman–Crippen MR) is 69.1 cm³/mol. The molecular formula is C15H30. The summed E-state index contributed by atoms with van der Waals surface area (Å²) in [5.74, 6) is 0.959. The van der Waals surface area contributed by atoms with Crippen LogP contribution in [0.1, 0.15) is 85.0 Å². The van der Waals surface area contributed by atoms with Gasteiger partial charge in [-0.2, -0.15) is 0 Å². The third-order valence-corrected chi connectivity index (χ3v) is 4.61. The van der Waals surface area contributed by atoms with Gasteiger partial charge in [0.05, 0.1) is 0 Å². The van der Waals surface area contributed by atoms with Crippen molar-refractivity contribution in [2.75, 3.05) is 0 Å². The van der Waals surface area contributed by atoms with Gasteiger partial charge >= 0.3 is 0 Å². The molecule has 1 fully saturated rings. The van der Waals surface area contributed by atoms with E-state index < -0.39 is 0 Å². The SMILES string of the molecule is CCCC(C)CCC1(CC)CCCCC1. The molecule has 1 aliphatic rings. The molecule has 1 unspecified atom stereocenters. The summed E-state index contributed by atoms with van der Waals surface area (Å²) < 4.78 is 0. The first-order chi connectivity index (χ1) is 7.22. The van der Waals surface area contributed by atoms with Crippen molar-refractivity contribution in [1.29, 1.82) is 0 Å². The third-order valence-electron chi connectivity index (χ3n) is 4.61. The van der Waals surface area contributed by atoms with E-state index in [1.54, 1.807) is 0 Å². The van der Waals surface area contributed by atoms with E-state index in [0.29, 0.717) is 0 Å². The van der Waals surface area contributed by atoms with Gasteiger partial charge in [-0.15, -0.1) is 0 Å². The van der Waals surface area contributed by atoms with Crippen LogP contribution in [0, 0.1) is 11.3 Å². The average molecular weight is 210 g/mol. The maximum Gasteiger partial charge on any atom is -0.0300 e. The van der Waals surface area contributed by atoms with E-state index in [9.17, 15) is 0 Å². The Labute approximate surface area is 96.8 Å². The van der Waals surface area contributed by atoms with E-state index in [2.05, 4.69) is 20.8 Å². The molecule has 0 bridgehead atoms. The second-order valence-corrected chi connectivity index (χ2v) is 5.85. The topological polar surface area (TPSA) is 0 Å². The van der Waals surface area contributed by atoms with Crippen LogP contribution >= 0.6 is 0 Å². The summed E-state index contributed by atoms with van der Waals surface area (Å²) in [5, 5.41) is 0. The highest BCUT2D eigenvalue weighted by molar-refractivity contribution is 4.82. The Morgan fingerprint density at radius 2 is 1.67 bits per heavy atom. The molecule has 90 valence electrons. The molecule has 1 aliphatic carbocycles. The Balaban J connectivity index is 2.32. The predicted octanol–water partition coefficient (Wildman–Crippen LogP) is 5.56. The van der Waals surface area contributed by atoms with Crippen molar-refractivity contribution >= 4 is 0 Å². The number of hydrogen-bond donors (Lipinski definition) is 0. The molecule has 1 rings (SSSR count). The number of rotatable bonds is 6. The summed E-state index contributed by atoms with van der Waals surface area (Å²) in [5.41, 5.74) is 0.750. The maximum atomic E-state index is 2.44. The fourth-order valence-electron chi connectivity index (χ4n) is 3.27. The Morgan fingerprint density at radius 1 is 1.00 bits per heavy atom. The van der Waals surface area contributed by atoms with Gasteiger partial charge in [-0.25, -0.2) is 0 Å². The van der Waals surface area contributed by atoms with Crippen molar-refractivity contribution in [3.8, 4) is 0 Å². The summed E-state index contributed by atoms with van der Waals surface area (Å²) in [6.07, 6.45) is 14.7. The molecule has 0 N–H and O–H groups in total. The minimum absolute atomic E-state index is 0.750. The van der Waals surface area contributed by atoms with Crippen molar-refractivity contribution in [3.05, 3.63) is 0 Å². The van der Waals surface area contributed by atoms with E-state index in [1.807, 2.05) is 0 Å². The highest BCUT2D eigenvalue weighted by atomic mass is 14.3. The minimum atomic E-state index is 0.750. The molecule has 0 saturated heterocycles. The standard InChI is InChI=1S/C15H30/c1-4-9-14(3)10-13-15(5-2)11-7-6-8-12-15/h14H,4-13H2,1-3H3. The van der Waals surface area contributed by atoms with Gasteiger partial charge in [0.2, 0.25) is 0 Å². The highest BCUT2D eigenvalue weighted by Crippen LogP contribution is 2.43. The van der Waals surface area contributed by atoms with Crippen LogP contribution in [0.2, 0.25) is 0 Å². The molecule has 0 radical (unpaired) electrons. The first-order valence-corrected chi connectivity index (χ1v) is 7.22. The molecule has 0 spiro atoms. The summed E-state index contributed by atoms with van der Waals surface area (Å²) in [4.78, 5) is 0. The van der Waals surface area contributed by atoms with Crippen LogP contribution in [0.4, 0.5) is 0 Å². The van der Waals surface area contributed by atoms with Crippen molar-refractivity contribution in [2.24, 2.45) is 11.3 Å². The molecule has 1 saturated carbocycles. The Kier molecular flexibility index (Phi) is 5.71. The fourth-order valence-corrected chi connectivity index (χ4v) is 3.27. The lowest BCUT2D eigenvalue weighted by Gasteiger charge is -2.37. The average Bonchev–Trinajstić information content (AvgIpc) is 2.28. The Hall–Kier alpha value is 0. The molecule has 0 aromatic carbocycles. The van der Waals surface area contributed by atoms with Crippen LogP contribution < -0.4 is 0 Å². The van der Waals surface area contributed by atoms with E-state index in [1.165, 1.54) is 64.2 Å². The second-order valence-electron chi connectivity index (χ2n) is 5.85. The molecule has 0 nitrogen and oxygen atoms in total. The Morgan fingerprint density at radius 3 is 2.20 bits per heavy atom. The van der Waals surface area contributed by atoms with Crippen LogP contribution in [0.25, 0.3) is 0 Å². The normalized spacial score (nSPS) is 22.6. The molecule has 0 aliphatic heterocycles. The van der Waals surface area contributed by atoms with Gasteiger partial charge in [0.15, 0.2) is 0 Å². The zero-order valence-electron chi connectivity index (χ0n) is 11.1. The lowest BCUT2D eigenvalue weighted by atomic mass is 9.68. The van der Waals surface area contributed by atoms with Gasteiger partial charge in [0.25, 0.3) is 0 Å². The molecule has 0 aromatic heterocycles. The minimum Gasteiger partial charge on any atom is -0.0654 e. The van der Waals surface area contributed by atoms with E-state index >= 15 is 0 Å². The zero-order chi connectivity index (χ0) is 11.1. The molecular weight excluding hydrogens is 180 g/mol. The van der Waals surface area contributed by atoms with Crippen LogP contribution in [0.15, 0.2) is 0 Å². The summed E-state index contributed by atoms with van der Waals surface area (Å²) in [7, 11) is 0. The fraction of sp³-hybridized carbons (Fsp3) is 1.00. The smallest absolute Gasteiger partial charge is 0.0300 e. The molecule has 1 atom stereocenters. The first-order valence-electron chi connectivity index (χ1n) is 7.22. The molecule has 0 aromatic rings. The summed E-state index contributed by atoms with van der Waals surface area (Å²) >= 11 is 0. The van der Waals surface area contributed by atoms with Gasteiger partial charge in [-0.05, 0) is 30.6 Å². The highest BCUT2D eigenvalue weighted by Gasteiger charge is 2.29. The van der Waals surface area contributed by atoms with Crippen molar-refractivity contribution in [3.63, 3.8) is 0 Å². The van der Waals surface area contributed by atoms with Gasteiger partial charge in [0.1, 0.15) is 0 Å². The van der Waals surface area contributed by atoms with Gasteiger partial charge in [0, 0.05) is 0 Å². The summed E-state index contributed by atoms with van der Waals surface area (Å²) in [6, 6.07) is 0. The van der Waals surface area contributed by atoms with Gasteiger partial charge < -0.3 is 0 Å². The molecule has 15 heavy (non-hydrogen) atoms. The summed E-state index contributed by atoms with van der Waals surface area (Å²) in [6.45, 7) is 7.16. The maximum absolute atomic E-state index is 2.44. The van der Waals surface area contributed by atoms with Crippen LogP contribution in [0.5, 0.6) is 0 Å². The molecule has 0 heterocycles. The Bertz CT molecular complexity index is 153. The molecule has 0 heteroatoms. The van der Waals surface area contributed by atoms with Crippen molar-refractivity contribution in [2.45, 2.75) is 85.0 Å². The van der Waals surface area contributed by atoms with Crippen LogP contribution in [-0.2, 0) is 0 Å². The molecule has 0 amide bonds. The van der Waals surface area contributed by atoms with E-state index in [4.69, 9.17) is 0 Å². The van der Waals surface area contributed by atoms with Crippen molar-refractivity contribution < 1.29 is 0 Å². The lowest BCUT2D eigenvalue weighted by molar-refractivity contribution is 0.151. The number of hydrogen-bond acceptors (Lipinski definition) is 0. The van der Waals surface area contributed by atoms with E-state index in [-0.39, 0.29) is 0 Å². The van der Waals surface area contributed by atoms with Gasteiger partial charge in [-0.1, -0.05) is 65.7 Å². The van der Waals surface area contributed by atoms with Crippen LogP contribution in [0.3, 0.4) is 0 Å². The van der Waals surface area contributed by atoms with Crippen LogP contribution in [-0.4, -0.2) is 0 Å².